The minimum Gasteiger partial charge on any atom is -0.508 e. The number of aryl methyl sites for hydroxylation is 1. The molecule has 10 nitrogen and oxygen atoms in total. The fourth-order valence-corrected chi connectivity index (χ4v) is 8.46. The molecule has 8 rings (SSSR count). The van der Waals surface area contributed by atoms with Gasteiger partial charge in [-0.2, -0.15) is 9.97 Å². The van der Waals surface area contributed by atoms with Gasteiger partial charge in [-0.05, 0) is 72.6 Å². The highest BCUT2D eigenvalue weighted by atomic mass is 19.1. The molecule has 1 aliphatic carbocycles. The molecule has 2 N–H and O–H groups in total. The van der Waals surface area contributed by atoms with E-state index >= 15 is 8.78 Å². The fraction of sp³-hybridized carbons (Fsp3) is 0.528. The number of fused-ring (bicyclic) bond motifs is 3. The van der Waals surface area contributed by atoms with Gasteiger partial charge in [0.05, 0.1) is 32.4 Å². The van der Waals surface area contributed by atoms with Gasteiger partial charge in [0.25, 0.3) is 0 Å². The van der Waals surface area contributed by atoms with Crippen molar-refractivity contribution < 1.29 is 37.6 Å². The van der Waals surface area contributed by atoms with Crippen LogP contribution in [0.15, 0.2) is 24.3 Å². The van der Waals surface area contributed by atoms with Crippen LogP contribution < -0.4 is 14.4 Å². The maximum absolute atomic E-state index is 17.2. The highest BCUT2D eigenvalue weighted by molar-refractivity contribution is 6.03. The van der Waals surface area contributed by atoms with Crippen LogP contribution >= 0.6 is 0 Å². The molecule has 13 heteroatoms. The average Bonchev–Trinajstić information content (AvgIpc) is 3.71. The zero-order valence-corrected chi connectivity index (χ0v) is 27.9. The Morgan fingerprint density at radius 3 is 2.67 bits per heavy atom. The predicted octanol–water partition coefficient (Wildman–Crippen LogP) is 5.33. The zero-order valence-electron chi connectivity index (χ0n) is 27.9. The number of hydrogen-bond donors (Lipinski definition) is 2. The molecule has 0 amide bonds. The van der Waals surface area contributed by atoms with Crippen LogP contribution in [0.3, 0.4) is 0 Å². The van der Waals surface area contributed by atoms with Crippen LogP contribution in [0.25, 0.3) is 32.9 Å². The Kier molecular flexibility index (Phi) is 7.62. The van der Waals surface area contributed by atoms with Crippen molar-refractivity contribution in [1.82, 2.24) is 19.9 Å². The Morgan fingerprint density at radius 1 is 1.10 bits per heavy atom. The standard InChI is InChI=1S/C36H40F3N5O5/c1-4-23-25(38)6-5-20-11-22(45)12-24(26(20)23)29-28(39)30-27(32(40-29)47-3)31(43-9-10-48-18-34(2,46)16-43)42-33(41-30)49-19-36-13-21(37)14-44(36)17-35(15-36)7-8-35/h5-6,11-12,21,45-46H,4,7-10,13-19H2,1-3H3/t21-,34+,36+/m1/s1. The summed E-state index contributed by atoms with van der Waals surface area (Å²) in [7, 11) is 1.39. The first kappa shape index (κ1) is 32.3. The number of aromatic hydroxyl groups is 1. The average molecular weight is 680 g/mol. The van der Waals surface area contributed by atoms with Crippen molar-refractivity contribution in [2.24, 2.45) is 5.41 Å². The number of pyridine rings is 1. The summed E-state index contributed by atoms with van der Waals surface area (Å²) in [5.74, 6) is -1.22. The van der Waals surface area contributed by atoms with E-state index in [4.69, 9.17) is 19.2 Å². The first-order valence-corrected chi connectivity index (χ1v) is 16.9. The smallest absolute Gasteiger partial charge is 0.319 e. The zero-order chi connectivity index (χ0) is 34.3. The highest BCUT2D eigenvalue weighted by Gasteiger charge is 2.62. The van der Waals surface area contributed by atoms with Crippen LogP contribution in [0.5, 0.6) is 17.6 Å². The summed E-state index contributed by atoms with van der Waals surface area (Å²) < 4.78 is 64.8. The molecule has 0 radical (unpaired) electrons. The summed E-state index contributed by atoms with van der Waals surface area (Å²) >= 11 is 0. The van der Waals surface area contributed by atoms with Gasteiger partial charge >= 0.3 is 6.01 Å². The van der Waals surface area contributed by atoms with Gasteiger partial charge in [0.1, 0.15) is 52.4 Å². The monoisotopic (exact) mass is 679 g/mol. The molecular formula is C36H40F3N5O5. The number of hydrogen-bond acceptors (Lipinski definition) is 10. The van der Waals surface area contributed by atoms with Gasteiger partial charge < -0.3 is 29.3 Å². The van der Waals surface area contributed by atoms with E-state index < -0.39 is 28.9 Å². The van der Waals surface area contributed by atoms with Crippen LogP contribution in [0, 0.1) is 17.0 Å². The van der Waals surface area contributed by atoms with Crippen LogP contribution in [0.2, 0.25) is 0 Å². The van der Waals surface area contributed by atoms with E-state index in [1.165, 1.54) is 31.4 Å². The van der Waals surface area contributed by atoms with E-state index in [-0.39, 0.29) is 77.4 Å². The van der Waals surface area contributed by atoms with Gasteiger partial charge in [-0.25, -0.2) is 18.2 Å². The van der Waals surface area contributed by atoms with Crippen LogP contribution in [-0.4, -0.2) is 100 Å². The summed E-state index contributed by atoms with van der Waals surface area (Å²) in [6.07, 6.45) is 2.75. The van der Waals surface area contributed by atoms with Crippen LogP contribution in [-0.2, 0) is 11.2 Å². The lowest BCUT2D eigenvalue weighted by Gasteiger charge is -2.31. The van der Waals surface area contributed by atoms with Crippen molar-refractivity contribution in [3.63, 3.8) is 0 Å². The largest absolute Gasteiger partial charge is 0.508 e. The Morgan fingerprint density at radius 2 is 1.92 bits per heavy atom. The molecule has 260 valence electrons. The second-order valence-electron chi connectivity index (χ2n) is 14.7. The lowest BCUT2D eigenvalue weighted by Crippen LogP contribution is -2.44. The number of phenolic OH excluding ortho intramolecular Hbond substituents is 1. The number of nitrogens with zero attached hydrogens (tertiary/aromatic N) is 5. The number of phenols is 1. The Labute approximate surface area is 281 Å². The maximum atomic E-state index is 17.2. The minimum atomic E-state index is -1.25. The second-order valence-corrected chi connectivity index (χ2v) is 14.7. The number of rotatable bonds is 7. The molecule has 2 aromatic heterocycles. The predicted molar refractivity (Wildman–Crippen MR) is 177 cm³/mol. The molecule has 2 aromatic carbocycles. The number of alkyl halides is 1. The fourth-order valence-electron chi connectivity index (χ4n) is 8.46. The number of β-amino-alcohol motifs (C(OH)–C–C–N with tert-alkyl or cyclic N) is 1. The van der Waals surface area contributed by atoms with E-state index in [0.717, 1.165) is 25.8 Å². The normalized spacial score (nSPS) is 26.4. The van der Waals surface area contributed by atoms with Gasteiger partial charge in [0, 0.05) is 31.6 Å². The highest BCUT2D eigenvalue weighted by Crippen LogP contribution is 2.60. The summed E-state index contributed by atoms with van der Waals surface area (Å²) in [4.78, 5) is 17.9. The van der Waals surface area contributed by atoms with Crippen LogP contribution in [0.4, 0.5) is 19.0 Å². The third kappa shape index (κ3) is 5.50. The van der Waals surface area contributed by atoms with Gasteiger partial charge in [0.15, 0.2) is 5.82 Å². The molecule has 1 spiro atoms. The number of ether oxygens (including phenoxy) is 3. The van der Waals surface area contributed by atoms with E-state index in [2.05, 4.69) is 14.9 Å². The molecule has 1 saturated carbocycles. The Balaban J connectivity index is 1.31. The quantitative estimate of drug-likeness (QED) is 0.266. The van der Waals surface area contributed by atoms with E-state index in [9.17, 15) is 14.6 Å². The van der Waals surface area contributed by atoms with Crippen molar-refractivity contribution in [3.8, 4) is 28.9 Å². The number of halogens is 3. The number of anilines is 1. The molecule has 49 heavy (non-hydrogen) atoms. The Bertz CT molecular complexity index is 1970. The van der Waals surface area contributed by atoms with Gasteiger partial charge in [0.2, 0.25) is 5.88 Å². The van der Waals surface area contributed by atoms with Crippen molar-refractivity contribution in [2.75, 3.05) is 58.0 Å². The molecule has 4 aromatic rings. The van der Waals surface area contributed by atoms with Gasteiger partial charge in [-0.15, -0.1) is 0 Å². The number of aliphatic hydroxyl groups is 1. The molecule has 3 saturated heterocycles. The molecule has 4 fully saturated rings. The topological polar surface area (TPSA) is 113 Å². The summed E-state index contributed by atoms with van der Waals surface area (Å²) in [6, 6.07) is 5.60. The summed E-state index contributed by atoms with van der Waals surface area (Å²) in [5, 5.41) is 22.8. The molecule has 3 atom stereocenters. The third-order valence-electron chi connectivity index (χ3n) is 10.8. The molecule has 3 aliphatic heterocycles. The minimum absolute atomic E-state index is 0.00370. The first-order chi connectivity index (χ1) is 23.4. The van der Waals surface area contributed by atoms with Crippen molar-refractivity contribution >= 4 is 27.5 Å². The molecule has 0 bridgehead atoms. The van der Waals surface area contributed by atoms with E-state index in [1.54, 1.807) is 18.7 Å². The molecular weight excluding hydrogens is 639 g/mol. The maximum Gasteiger partial charge on any atom is 0.319 e. The molecule has 5 heterocycles. The van der Waals surface area contributed by atoms with Gasteiger partial charge in [-0.3, -0.25) is 4.90 Å². The Hall–Kier alpha value is -3.94. The van der Waals surface area contributed by atoms with Gasteiger partial charge in [-0.1, -0.05) is 13.0 Å². The third-order valence-corrected chi connectivity index (χ3v) is 10.8. The summed E-state index contributed by atoms with van der Waals surface area (Å²) in [6.45, 7) is 5.55. The SMILES string of the molecule is CCc1c(F)ccc2cc(O)cc(-c3nc(OC)c4c(N5CCOC[C@@](C)(O)C5)nc(OC[C@@]56C[C@@H](F)CN5CC5(CC5)C6)nc4c3F)c12. The number of methoxy groups -OCH3 is 1. The lowest BCUT2D eigenvalue weighted by molar-refractivity contribution is -0.0123. The van der Waals surface area contributed by atoms with Crippen molar-refractivity contribution in [3.05, 3.63) is 41.5 Å². The van der Waals surface area contributed by atoms with E-state index in [1.807, 2.05) is 0 Å². The van der Waals surface area contributed by atoms with Crippen molar-refractivity contribution in [2.45, 2.75) is 63.3 Å². The lowest BCUT2D eigenvalue weighted by atomic mass is 9.89. The molecule has 0 unspecified atom stereocenters. The molecule has 4 aliphatic rings. The van der Waals surface area contributed by atoms with Crippen molar-refractivity contribution in [1.29, 1.82) is 0 Å². The van der Waals surface area contributed by atoms with E-state index in [0.29, 0.717) is 42.3 Å². The van der Waals surface area contributed by atoms with Crippen LogP contribution in [0.1, 0.15) is 45.1 Å². The first-order valence-electron chi connectivity index (χ1n) is 16.9. The second kappa shape index (κ2) is 11.6. The number of aromatic nitrogens is 3. The number of benzene rings is 2. The summed E-state index contributed by atoms with van der Waals surface area (Å²) in [5.41, 5.74) is -1.38.